The van der Waals surface area contributed by atoms with Crippen molar-refractivity contribution in [2.24, 2.45) is 0 Å². The molecule has 0 aliphatic heterocycles. The van der Waals surface area contributed by atoms with E-state index in [1.165, 1.54) is 5.56 Å². The zero-order valence-electron chi connectivity index (χ0n) is 8.16. The van der Waals surface area contributed by atoms with E-state index in [0.717, 1.165) is 19.5 Å². The molecule has 0 bridgehead atoms. The van der Waals surface area contributed by atoms with E-state index in [0.29, 0.717) is 0 Å². The van der Waals surface area contributed by atoms with Gasteiger partial charge in [-0.15, -0.1) is 0 Å². The first-order valence-corrected chi connectivity index (χ1v) is 4.79. The van der Waals surface area contributed by atoms with Crippen LogP contribution in [0, 0.1) is 0 Å². The van der Waals surface area contributed by atoms with Gasteiger partial charge in [0.15, 0.2) is 0 Å². The predicted octanol–water partition coefficient (Wildman–Crippen LogP) is 2.74. The highest BCUT2D eigenvalue weighted by Crippen LogP contribution is 1.96. The summed E-state index contributed by atoms with van der Waals surface area (Å²) in [7, 11) is 0. The third kappa shape index (κ3) is 4.48. The molecule has 1 aromatic carbocycles. The van der Waals surface area contributed by atoms with Crippen molar-refractivity contribution in [2.45, 2.75) is 19.9 Å². The maximum atomic E-state index is 3.39. The van der Waals surface area contributed by atoms with Crippen molar-refractivity contribution < 1.29 is 0 Å². The molecule has 0 aliphatic carbocycles. The molecule has 0 atom stereocenters. The van der Waals surface area contributed by atoms with Crippen LogP contribution in [-0.2, 0) is 6.54 Å². The molecule has 0 aromatic heterocycles. The van der Waals surface area contributed by atoms with Gasteiger partial charge >= 0.3 is 0 Å². The van der Waals surface area contributed by atoms with Crippen LogP contribution in [0.4, 0.5) is 0 Å². The number of rotatable bonds is 5. The van der Waals surface area contributed by atoms with Gasteiger partial charge in [-0.05, 0) is 25.5 Å². The monoisotopic (exact) mass is 175 g/mol. The van der Waals surface area contributed by atoms with Crippen LogP contribution < -0.4 is 5.32 Å². The van der Waals surface area contributed by atoms with E-state index in [2.05, 4.69) is 48.7 Å². The number of hydrogen-bond acceptors (Lipinski definition) is 1. The molecule has 0 spiro atoms. The van der Waals surface area contributed by atoms with E-state index in [9.17, 15) is 0 Å². The smallest absolute Gasteiger partial charge is 0.0205 e. The molecular weight excluding hydrogens is 158 g/mol. The Morgan fingerprint density at radius 1 is 1.23 bits per heavy atom. The van der Waals surface area contributed by atoms with Crippen LogP contribution in [0.5, 0.6) is 0 Å². The molecule has 0 unspecified atom stereocenters. The van der Waals surface area contributed by atoms with Crippen molar-refractivity contribution in [1.82, 2.24) is 5.32 Å². The Hall–Kier alpha value is -1.08. The van der Waals surface area contributed by atoms with Crippen molar-refractivity contribution in [3.8, 4) is 0 Å². The van der Waals surface area contributed by atoms with Crippen LogP contribution in [0.1, 0.15) is 18.9 Å². The van der Waals surface area contributed by atoms with Crippen LogP contribution in [0.3, 0.4) is 0 Å². The fourth-order valence-corrected chi connectivity index (χ4v) is 1.18. The lowest BCUT2D eigenvalue weighted by atomic mass is 10.2. The van der Waals surface area contributed by atoms with Crippen molar-refractivity contribution in [3.63, 3.8) is 0 Å². The van der Waals surface area contributed by atoms with E-state index >= 15 is 0 Å². The van der Waals surface area contributed by atoms with Crippen LogP contribution in [-0.4, -0.2) is 6.54 Å². The summed E-state index contributed by atoms with van der Waals surface area (Å²) in [6, 6.07) is 10.5. The summed E-state index contributed by atoms with van der Waals surface area (Å²) in [6.07, 6.45) is 5.38. The minimum absolute atomic E-state index is 0.971. The Bertz CT molecular complexity index is 239. The molecule has 1 aromatic rings. The summed E-state index contributed by atoms with van der Waals surface area (Å²) >= 11 is 0. The molecule has 0 aliphatic rings. The molecular formula is C12H17N. The lowest BCUT2D eigenvalue weighted by Gasteiger charge is -2.01. The maximum Gasteiger partial charge on any atom is 0.0205 e. The highest BCUT2D eigenvalue weighted by Gasteiger charge is 1.88. The number of hydrogen-bond donors (Lipinski definition) is 1. The molecule has 1 N–H and O–H groups in total. The van der Waals surface area contributed by atoms with Gasteiger partial charge < -0.3 is 5.32 Å². The average Bonchev–Trinajstić information content (AvgIpc) is 2.19. The summed E-state index contributed by atoms with van der Waals surface area (Å²) in [6.45, 7) is 4.08. The van der Waals surface area contributed by atoms with Gasteiger partial charge in [-0.25, -0.2) is 0 Å². The second-order valence-electron chi connectivity index (χ2n) is 3.02. The summed E-state index contributed by atoms with van der Waals surface area (Å²) < 4.78 is 0. The third-order valence-electron chi connectivity index (χ3n) is 1.90. The molecule has 1 rings (SSSR count). The van der Waals surface area contributed by atoms with Gasteiger partial charge in [-0.2, -0.15) is 0 Å². The molecule has 0 saturated carbocycles. The number of benzene rings is 1. The Morgan fingerprint density at radius 2 is 2.00 bits per heavy atom. The van der Waals surface area contributed by atoms with Gasteiger partial charge in [0.2, 0.25) is 0 Å². The Morgan fingerprint density at radius 3 is 2.69 bits per heavy atom. The summed E-state index contributed by atoms with van der Waals surface area (Å²) in [5.41, 5.74) is 1.35. The Labute approximate surface area is 80.5 Å². The van der Waals surface area contributed by atoms with E-state index in [4.69, 9.17) is 0 Å². The van der Waals surface area contributed by atoms with Crippen LogP contribution in [0.25, 0.3) is 0 Å². The number of nitrogens with one attached hydrogen (secondary N) is 1. The first kappa shape index (κ1) is 10.0. The van der Waals surface area contributed by atoms with Crippen LogP contribution in [0.15, 0.2) is 42.5 Å². The quantitative estimate of drug-likeness (QED) is 0.536. The molecule has 0 amide bonds. The van der Waals surface area contributed by atoms with E-state index in [1.54, 1.807) is 0 Å². The van der Waals surface area contributed by atoms with E-state index < -0.39 is 0 Å². The van der Waals surface area contributed by atoms with Crippen molar-refractivity contribution >= 4 is 0 Å². The molecule has 70 valence electrons. The van der Waals surface area contributed by atoms with Crippen molar-refractivity contribution in [2.75, 3.05) is 6.54 Å². The van der Waals surface area contributed by atoms with Crippen LogP contribution >= 0.6 is 0 Å². The summed E-state index contributed by atoms with van der Waals surface area (Å²) in [5.74, 6) is 0. The van der Waals surface area contributed by atoms with E-state index in [1.807, 2.05) is 6.07 Å². The minimum Gasteiger partial charge on any atom is -0.312 e. The SMILES string of the molecule is C/C=C\CCNCc1ccccc1. The Kier molecular flexibility index (Phi) is 4.95. The fraction of sp³-hybridized carbons (Fsp3) is 0.333. The van der Waals surface area contributed by atoms with E-state index in [-0.39, 0.29) is 0 Å². The van der Waals surface area contributed by atoms with Gasteiger partial charge in [-0.1, -0.05) is 42.5 Å². The molecule has 0 fully saturated rings. The van der Waals surface area contributed by atoms with Gasteiger partial charge in [0, 0.05) is 6.54 Å². The minimum atomic E-state index is 0.971. The Balaban J connectivity index is 2.13. The maximum absolute atomic E-state index is 3.39. The molecule has 1 nitrogen and oxygen atoms in total. The average molecular weight is 175 g/mol. The summed E-state index contributed by atoms with van der Waals surface area (Å²) in [5, 5.41) is 3.39. The first-order chi connectivity index (χ1) is 6.43. The largest absolute Gasteiger partial charge is 0.312 e. The molecule has 1 heteroatoms. The number of allylic oxidation sites excluding steroid dienone is 1. The molecule has 0 heterocycles. The van der Waals surface area contributed by atoms with Crippen molar-refractivity contribution in [1.29, 1.82) is 0 Å². The normalized spacial score (nSPS) is 10.8. The highest BCUT2D eigenvalue weighted by atomic mass is 14.8. The predicted molar refractivity (Wildman–Crippen MR) is 57.6 cm³/mol. The second kappa shape index (κ2) is 6.44. The first-order valence-electron chi connectivity index (χ1n) is 4.79. The topological polar surface area (TPSA) is 12.0 Å². The second-order valence-corrected chi connectivity index (χ2v) is 3.02. The van der Waals surface area contributed by atoms with Crippen molar-refractivity contribution in [3.05, 3.63) is 48.0 Å². The third-order valence-corrected chi connectivity index (χ3v) is 1.90. The van der Waals surface area contributed by atoms with Gasteiger partial charge in [0.05, 0.1) is 0 Å². The zero-order chi connectivity index (χ0) is 9.36. The zero-order valence-corrected chi connectivity index (χ0v) is 8.16. The lowest BCUT2D eigenvalue weighted by Crippen LogP contribution is -2.13. The highest BCUT2D eigenvalue weighted by molar-refractivity contribution is 5.14. The standard InChI is InChI=1S/C12H17N/c1-2-3-7-10-13-11-12-8-5-4-6-9-12/h2-6,8-9,13H,7,10-11H2,1H3/b3-2-. The van der Waals surface area contributed by atoms with Gasteiger partial charge in [0.1, 0.15) is 0 Å². The molecule has 0 radical (unpaired) electrons. The lowest BCUT2D eigenvalue weighted by molar-refractivity contribution is 0.695. The van der Waals surface area contributed by atoms with Gasteiger partial charge in [0.25, 0.3) is 0 Å². The molecule has 0 saturated heterocycles. The fourth-order valence-electron chi connectivity index (χ4n) is 1.18. The van der Waals surface area contributed by atoms with Crippen LogP contribution in [0.2, 0.25) is 0 Å². The van der Waals surface area contributed by atoms with Gasteiger partial charge in [-0.3, -0.25) is 0 Å². The molecule has 13 heavy (non-hydrogen) atoms. The summed E-state index contributed by atoms with van der Waals surface area (Å²) in [4.78, 5) is 0.